The fourth-order valence-corrected chi connectivity index (χ4v) is 5.82. The van der Waals surface area contributed by atoms with Crippen molar-refractivity contribution in [2.24, 2.45) is 0 Å². The Labute approximate surface area is 215 Å². The average molecular weight is 530 g/mol. The second-order valence-corrected chi connectivity index (χ2v) is 10.8. The number of thioether (sulfide) groups is 1. The number of anilines is 1. The zero-order valence-corrected chi connectivity index (χ0v) is 20.7. The predicted octanol–water partition coefficient (Wildman–Crippen LogP) is 3.95. The van der Waals surface area contributed by atoms with Crippen LogP contribution in [0, 0.1) is 11.8 Å². The average Bonchev–Trinajstić information content (AvgIpc) is 3.30. The number of carbonyl (C=O) groups excluding carboxylic acids is 1. The number of nitrogens with one attached hydrogen (secondary N) is 3. The number of nitrogens with zero attached hydrogens (tertiary/aromatic N) is 4. The van der Waals surface area contributed by atoms with Crippen LogP contribution in [-0.4, -0.2) is 55.5 Å². The predicted molar refractivity (Wildman–Crippen MR) is 133 cm³/mol. The monoisotopic (exact) mass is 529 g/mol. The molecule has 2 aliphatic heterocycles. The summed E-state index contributed by atoms with van der Waals surface area (Å²) in [5.74, 6) is 5.80. The van der Waals surface area contributed by atoms with Gasteiger partial charge in [0, 0.05) is 24.3 Å². The molecule has 2 bridgehead atoms. The minimum absolute atomic E-state index is 0.0232. The molecule has 8 nitrogen and oxygen atoms in total. The lowest BCUT2D eigenvalue weighted by Gasteiger charge is -2.31. The molecule has 37 heavy (non-hydrogen) atoms. The van der Waals surface area contributed by atoms with Crippen molar-refractivity contribution in [1.82, 2.24) is 30.0 Å². The Hall–Kier alpha value is -3.17. The summed E-state index contributed by atoms with van der Waals surface area (Å²) in [5, 5.41) is 18.4. The topological polar surface area (TPSA) is 88.3 Å². The molecule has 3 atom stereocenters. The fourth-order valence-electron chi connectivity index (χ4n) is 5.14. The van der Waals surface area contributed by atoms with Crippen LogP contribution in [0.2, 0.25) is 0 Å². The Morgan fingerprint density at radius 3 is 2.84 bits per heavy atom. The van der Waals surface area contributed by atoms with Crippen molar-refractivity contribution in [3.8, 4) is 11.8 Å². The third-order valence-electron chi connectivity index (χ3n) is 7.08. The van der Waals surface area contributed by atoms with Gasteiger partial charge < -0.3 is 16.0 Å². The molecule has 1 amide bonds. The number of hydrogen-bond donors (Lipinski definition) is 3. The number of rotatable bonds is 6. The summed E-state index contributed by atoms with van der Waals surface area (Å²) in [6, 6.07) is 6.62. The van der Waals surface area contributed by atoms with Crippen LogP contribution < -0.4 is 16.0 Å². The third-order valence-corrected chi connectivity index (χ3v) is 7.92. The molecule has 12 heteroatoms. The highest BCUT2D eigenvalue weighted by atomic mass is 32.2. The van der Waals surface area contributed by atoms with Gasteiger partial charge >= 0.3 is 5.51 Å². The summed E-state index contributed by atoms with van der Waals surface area (Å²) in [4.78, 5) is 12.3. The van der Waals surface area contributed by atoms with Gasteiger partial charge in [-0.15, -0.1) is 0 Å². The molecule has 3 aromatic heterocycles. The maximum atomic E-state index is 13.4. The Morgan fingerprint density at radius 2 is 2.03 bits per heavy atom. The minimum Gasteiger partial charge on any atom is -0.366 e. The summed E-state index contributed by atoms with van der Waals surface area (Å²) in [5.41, 5.74) is -3.71. The van der Waals surface area contributed by atoms with Gasteiger partial charge in [0.25, 0.3) is 5.91 Å². The Kier molecular flexibility index (Phi) is 6.28. The van der Waals surface area contributed by atoms with Crippen molar-refractivity contribution in [3.63, 3.8) is 0 Å². The van der Waals surface area contributed by atoms with Crippen molar-refractivity contribution in [2.75, 3.05) is 11.9 Å². The lowest BCUT2D eigenvalue weighted by Crippen LogP contribution is -2.47. The van der Waals surface area contributed by atoms with E-state index < -0.39 is 5.51 Å². The fraction of sp³-hybridized carbons (Fsp3) is 0.480. The molecule has 0 radical (unpaired) electrons. The quantitative estimate of drug-likeness (QED) is 0.331. The SMILES string of the molecule is O=C(NCC#Cc1nn2c(N[C@@H]3CC[C@@H]4CC[C@H]3N4)cccc2c1SC(F)(F)F)c1cnn(C2CC2)c1. The highest BCUT2D eigenvalue weighted by Gasteiger charge is 2.36. The van der Waals surface area contributed by atoms with Crippen LogP contribution in [0.1, 0.15) is 60.6 Å². The Morgan fingerprint density at radius 1 is 1.19 bits per heavy atom. The molecule has 3 aromatic rings. The van der Waals surface area contributed by atoms with Gasteiger partial charge in [0.1, 0.15) is 11.5 Å². The molecule has 2 saturated heterocycles. The van der Waals surface area contributed by atoms with Crippen LogP contribution in [-0.2, 0) is 0 Å². The molecular weight excluding hydrogens is 503 g/mol. The number of halogens is 3. The summed E-state index contributed by atoms with van der Waals surface area (Å²) in [6.45, 7) is -0.0286. The second-order valence-electron chi connectivity index (χ2n) is 9.73. The zero-order valence-electron chi connectivity index (χ0n) is 19.9. The minimum atomic E-state index is -4.49. The number of fused-ring (bicyclic) bond motifs is 3. The first-order chi connectivity index (χ1) is 17.8. The van der Waals surface area contributed by atoms with Gasteiger partial charge in [-0.3, -0.25) is 9.48 Å². The van der Waals surface area contributed by atoms with E-state index in [1.54, 1.807) is 23.0 Å². The summed E-state index contributed by atoms with van der Waals surface area (Å²) >= 11 is -0.222. The normalized spacial score (nSPS) is 23.1. The van der Waals surface area contributed by atoms with E-state index in [0.717, 1.165) is 38.5 Å². The molecule has 194 valence electrons. The van der Waals surface area contributed by atoms with Gasteiger partial charge in [0.15, 0.2) is 0 Å². The standard InChI is InChI=1S/C25H26F3N7OS/c26-25(27,28)37-23-20(3-2-12-29-24(36)15-13-30-34(14-15)17-8-9-17)33-35-21(23)4-1-5-22(35)32-19-11-7-16-6-10-18(19)31-16/h1,4-5,13-14,16-19,31-32H,6-12H2,(H,29,36)/t16-,18+,19+/m0/s1. The molecule has 0 unspecified atom stereocenters. The number of piperidine rings is 1. The lowest BCUT2D eigenvalue weighted by molar-refractivity contribution is -0.0327. The number of pyridine rings is 1. The number of aromatic nitrogens is 4. The highest BCUT2D eigenvalue weighted by Crippen LogP contribution is 2.41. The highest BCUT2D eigenvalue weighted by molar-refractivity contribution is 8.00. The molecule has 0 aromatic carbocycles. The van der Waals surface area contributed by atoms with E-state index >= 15 is 0 Å². The summed E-state index contributed by atoms with van der Waals surface area (Å²) < 4.78 is 43.6. The van der Waals surface area contributed by atoms with Crippen molar-refractivity contribution < 1.29 is 18.0 Å². The van der Waals surface area contributed by atoms with E-state index in [9.17, 15) is 18.0 Å². The van der Waals surface area contributed by atoms with Crippen LogP contribution in [0.15, 0.2) is 35.5 Å². The molecule has 0 spiro atoms. The van der Waals surface area contributed by atoms with E-state index in [-0.39, 0.29) is 40.8 Å². The molecule has 6 rings (SSSR count). The number of hydrogen-bond acceptors (Lipinski definition) is 6. The maximum absolute atomic E-state index is 13.4. The van der Waals surface area contributed by atoms with Crippen molar-refractivity contribution in [1.29, 1.82) is 0 Å². The zero-order chi connectivity index (χ0) is 25.6. The first-order valence-electron chi connectivity index (χ1n) is 12.5. The molecular formula is C25H26F3N7OS. The molecule has 1 saturated carbocycles. The van der Waals surface area contributed by atoms with Gasteiger partial charge in [0.2, 0.25) is 0 Å². The smallest absolute Gasteiger partial charge is 0.366 e. The lowest BCUT2D eigenvalue weighted by atomic mass is 10.00. The van der Waals surface area contributed by atoms with Crippen LogP contribution in [0.4, 0.5) is 19.0 Å². The van der Waals surface area contributed by atoms with Crippen molar-refractivity contribution in [2.45, 2.75) is 73.1 Å². The van der Waals surface area contributed by atoms with Crippen LogP contribution >= 0.6 is 11.8 Å². The van der Waals surface area contributed by atoms with Crippen LogP contribution in [0.25, 0.3) is 5.52 Å². The first-order valence-corrected chi connectivity index (χ1v) is 13.3. The van der Waals surface area contributed by atoms with Gasteiger partial charge in [0.05, 0.1) is 34.8 Å². The van der Waals surface area contributed by atoms with Crippen LogP contribution in [0.3, 0.4) is 0 Å². The second kappa shape index (κ2) is 9.61. The molecule has 5 heterocycles. The van der Waals surface area contributed by atoms with Gasteiger partial charge in [-0.25, -0.2) is 4.52 Å². The third kappa shape index (κ3) is 5.29. The van der Waals surface area contributed by atoms with E-state index in [2.05, 4.69) is 38.0 Å². The largest absolute Gasteiger partial charge is 0.446 e. The Balaban J connectivity index is 1.22. The number of amides is 1. The number of carbonyl (C=O) groups is 1. The van der Waals surface area contributed by atoms with Crippen molar-refractivity contribution in [3.05, 3.63) is 41.9 Å². The molecule has 3 aliphatic rings. The first kappa shape index (κ1) is 24.2. The van der Waals surface area contributed by atoms with Crippen LogP contribution in [0.5, 0.6) is 0 Å². The molecule has 3 N–H and O–H groups in total. The van der Waals surface area contributed by atoms with E-state index in [1.165, 1.54) is 10.7 Å². The van der Waals surface area contributed by atoms with Gasteiger partial charge in [-0.1, -0.05) is 12.0 Å². The number of alkyl halides is 3. The van der Waals surface area contributed by atoms with Crippen molar-refractivity contribution >= 4 is 29.0 Å². The summed E-state index contributed by atoms with van der Waals surface area (Å²) in [6.07, 6.45) is 9.61. The van der Waals surface area contributed by atoms with E-state index in [1.807, 2.05) is 6.07 Å². The Bertz CT molecular complexity index is 1380. The molecule has 1 aliphatic carbocycles. The van der Waals surface area contributed by atoms with Gasteiger partial charge in [-0.05, 0) is 68.3 Å². The van der Waals surface area contributed by atoms with E-state index in [4.69, 9.17) is 0 Å². The maximum Gasteiger partial charge on any atom is 0.446 e. The summed E-state index contributed by atoms with van der Waals surface area (Å²) in [7, 11) is 0. The van der Waals surface area contributed by atoms with Gasteiger partial charge in [-0.2, -0.15) is 23.4 Å². The van der Waals surface area contributed by atoms with E-state index in [0.29, 0.717) is 35.0 Å². The molecule has 3 fully saturated rings.